The summed E-state index contributed by atoms with van der Waals surface area (Å²) >= 11 is 0. The van der Waals surface area contributed by atoms with Gasteiger partial charge in [0.2, 0.25) is 5.91 Å². The maximum Gasteiger partial charge on any atom is 0.243 e. The number of imidazole rings is 2. The van der Waals surface area contributed by atoms with Crippen LogP contribution in [0.25, 0.3) is 0 Å². The molecule has 4 aromatic carbocycles. The van der Waals surface area contributed by atoms with Gasteiger partial charge in [-0.25, -0.2) is 9.97 Å². The second kappa shape index (κ2) is 11.0. The molecule has 0 atom stereocenters. The minimum absolute atomic E-state index is 0.0402. The van der Waals surface area contributed by atoms with E-state index < -0.39 is 5.41 Å². The maximum absolute atomic E-state index is 14.9. The third-order valence-electron chi connectivity index (χ3n) is 8.20. The minimum atomic E-state index is -0.897. The fourth-order valence-corrected chi connectivity index (χ4v) is 6.15. The molecular formula is C36H31N5O. The van der Waals surface area contributed by atoms with Crippen molar-refractivity contribution in [2.75, 3.05) is 4.90 Å². The van der Waals surface area contributed by atoms with Crippen LogP contribution in [0.15, 0.2) is 140 Å². The van der Waals surface area contributed by atoms with E-state index in [-0.39, 0.29) is 5.91 Å². The van der Waals surface area contributed by atoms with Gasteiger partial charge in [0, 0.05) is 56.4 Å². The summed E-state index contributed by atoms with van der Waals surface area (Å²) in [4.78, 5) is 26.4. The number of anilines is 2. The zero-order valence-corrected chi connectivity index (χ0v) is 23.3. The number of hydrogen-bond acceptors (Lipinski definition) is 3. The molecular weight excluding hydrogens is 518 g/mol. The monoisotopic (exact) mass is 549 g/mol. The molecule has 2 aromatic heterocycles. The second-order valence-corrected chi connectivity index (χ2v) is 10.8. The van der Waals surface area contributed by atoms with Crippen LogP contribution in [-0.4, -0.2) is 25.0 Å². The topological polar surface area (TPSA) is 56.0 Å². The van der Waals surface area contributed by atoms with E-state index in [0.717, 1.165) is 28.6 Å². The van der Waals surface area contributed by atoms with Crippen molar-refractivity contribution in [1.29, 1.82) is 0 Å². The molecule has 6 nitrogen and oxygen atoms in total. The van der Waals surface area contributed by atoms with Gasteiger partial charge in [0.1, 0.15) is 11.6 Å². The number of nitrogens with zero attached hydrogens (tertiary/aromatic N) is 5. The van der Waals surface area contributed by atoms with Crippen molar-refractivity contribution in [3.05, 3.63) is 168 Å². The first-order valence-electron chi connectivity index (χ1n) is 14.3. The highest BCUT2D eigenvalue weighted by Crippen LogP contribution is 2.48. The van der Waals surface area contributed by atoms with Crippen LogP contribution in [0.3, 0.4) is 0 Å². The predicted molar refractivity (Wildman–Crippen MR) is 165 cm³/mol. The van der Waals surface area contributed by atoms with E-state index in [2.05, 4.69) is 69.8 Å². The molecule has 0 radical (unpaired) electrons. The summed E-state index contributed by atoms with van der Waals surface area (Å²) in [5.74, 6) is 1.79. The van der Waals surface area contributed by atoms with Gasteiger partial charge in [-0.05, 0) is 34.9 Å². The van der Waals surface area contributed by atoms with Gasteiger partial charge in [-0.15, -0.1) is 0 Å². The highest BCUT2D eigenvalue weighted by atomic mass is 16.2. The maximum atomic E-state index is 14.9. The Hall–Kier alpha value is -5.23. The van der Waals surface area contributed by atoms with Crippen molar-refractivity contribution in [3.8, 4) is 0 Å². The lowest BCUT2D eigenvalue weighted by Gasteiger charge is -2.29. The van der Waals surface area contributed by atoms with Crippen molar-refractivity contribution in [3.63, 3.8) is 0 Å². The molecule has 0 N–H and O–H groups in total. The van der Waals surface area contributed by atoms with Crippen LogP contribution in [0, 0.1) is 0 Å². The Bertz CT molecular complexity index is 1730. The molecule has 0 unspecified atom stereocenters. The van der Waals surface area contributed by atoms with Gasteiger partial charge in [-0.3, -0.25) is 9.69 Å². The lowest BCUT2D eigenvalue weighted by atomic mass is 9.75. The molecule has 0 saturated heterocycles. The van der Waals surface area contributed by atoms with Crippen molar-refractivity contribution in [2.45, 2.75) is 31.3 Å². The van der Waals surface area contributed by atoms with E-state index in [1.807, 2.05) is 84.3 Å². The van der Waals surface area contributed by atoms with E-state index in [1.54, 1.807) is 0 Å². The number of fused-ring (bicyclic) bond motifs is 1. The smallest absolute Gasteiger partial charge is 0.243 e. The average Bonchev–Trinajstić information content (AvgIpc) is 3.72. The molecule has 6 heteroatoms. The Morgan fingerprint density at radius 3 is 1.60 bits per heavy atom. The molecule has 3 heterocycles. The molecule has 0 aliphatic carbocycles. The van der Waals surface area contributed by atoms with Gasteiger partial charge < -0.3 is 9.13 Å². The molecule has 0 bridgehead atoms. The van der Waals surface area contributed by atoms with Crippen molar-refractivity contribution in [1.82, 2.24) is 19.1 Å². The fourth-order valence-electron chi connectivity index (χ4n) is 6.15. The first kappa shape index (κ1) is 25.7. The van der Waals surface area contributed by atoms with Crippen LogP contribution >= 0.6 is 0 Å². The Kier molecular flexibility index (Phi) is 6.72. The lowest BCUT2D eigenvalue weighted by Crippen LogP contribution is -2.43. The number of benzene rings is 4. The zero-order valence-electron chi connectivity index (χ0n) is 23.3. The molecule has 1 aliphatic rings. The van der Waals surface area contributed by atoms with Crippen molar-refractivity contribution < 1.29 is 4.79 Å². The molecule has 42 heavy (non-hydrogen) atoms. The van der Waals surface area contributed by atoms with Gasteiger partial charge >= 0.3 is 0 Å². The van der Waals surface area contributed by atoms with E-state index in [1.165, 1.54) is 11.1 Å². The molecule has 7 rings (SSSR count). The van der Waals surface area contributed by atoms with E-state index in [4.69, 9.17) is 9.97 Å². The number of rotatable bonds is 9. The van der Waals surface area contributed by atoms with Gasteiger partial charge in [0.15, 0.2) is 0 Å². The van der Waals surface area contributed by atoms with Gasteiger partial charge in [-0.1, -0.05) is 97.1 Å². The Morgan fingerprint density at radius 1 is 0.571 bits per heavy atom. The predicted octanol–water partition coefficient (Wildman–Crippen LogP) is 6.58. The quantitative estimate of drug-likeness (QED) is 0.205. The van der Waals surface area contributed by atoms with Gasteiger partial charge in [0.05, 0.1) is 11.1 Å². The third kappa shape index (κ3) is 4.71. The SMILES string of the molecule is O=C1N(c2ccccc2)c2ccccc2C1(Cc1nccn1Cc1ccccc1)Cc1nccn1Cc1ccccc1. The number of carbonyl (C=O) groups excluding carboxylic acids is 1. The molecule has 206 valence electrons. The largest absolute Gasteiger partial charge is 0.330 e. The number of carbonyl (C=O) groups is 1. The van der Waals surface area contributed by atoms with Gasteiger partial charge in [-0.2, -0.15) is 0 Å². The van der Waals surface area contributed by atoms with E-state index in [9.17, 15) is 4.79 Å². The zero-order chi connectivity index (χ0) is 28.4. The van der Waals surface area contributed by atoms with Crippen molar-refractivity contribution >= 4 is 17.3 Å². The summed E-state index contributed by atoms with van der Waals surface area (Å²) < 4.78 is 4.32. The number of aromatic nitrogens is 4. The lowest BCUT2D eigenvalue weighted by molar-refractivity contribution is -0.122. The summed E-state index contributed by atoms with van der Waals surface area (Å²) in [7, 11) is 0. The Balaban J connectivity index is 1.34. The molecule has 0 saturated carbocycles. The van der Waals surface area contributed by atoms with Gasteiger partial charge in [0.25, 0.3) is 0 Å². The van der Waals surface area contributed by atoms with Crippen LogP contribution in [0.5, 0.6) is 0 Å². The Labute approximate surface area is 245 Å². The second-order valence-electron chi connectivity index (χ2n) is 10.8. The van der Waals surface area contributed by atoms with Crippen LogP contribution in [0.2, 0.25) is 0 Å². The van der Waals surface area contributed by atoms with Crippen LogP contribution in [-0.2, 0) is 36.1 Å². The van der Waals surface area contributed by atoms with E-state index >= 15 is 0 Å². The van der Waals surface area contributed by atoms with Crippen molar-refractivity contribution in [2.24, 2.45) is 0 Å². The molecule has 0 spiro atoms. The fraction of sp³-hybridized carbons (Fsp3) is 0.139. The number of para-hydroxylation sites is 2. The van der Waals surface area contributed by atoms with E-state index in [0.29, 0.717) is 25.9 Å². The molecule has 0 fully saturated rings. The summed E-state index contributed by atoms with van der Waals surface area (Å²) in [5, 5.41) is 0. The highest BCUT2D eigenvalue weighted by Gasteiger charge is 2.52. The van der Waals surface area contributed by atoms with Crippen LogP contribution in [0.1, 0.15) is 28.3 Å². The molecule has 1 amide bonds. The molecule has 6 aromatic rings. The molecule has 1 aliphatic heterocycles. The first-order valence-corrected chi connectivity index (χ1v) is 14.3. The number of hydrogen-bond donors (Lipinski definition) is 0. The summed E-state index contributed by atoms with van der Waals surface area (Å²) in [6.45, 7) is 1.38. The highest BCUT2D eigenvalue weighted by molar-refractivity contribution is 6.13. The summed E-state index contributed by atoms with van der Waals surface area (Å²) in [6.07, 6.45) is 8.58. The average molecular weight is 550 g/mol. The normalized spacial score (nSPS) is 13.8. The summed E-state index contributed by atoms with van der Waals surface area (Å²) in [5.41, 5.74) is 4.25. The Morgan fingerprint density at radius 2 is 1.05 bits per heavy atom. The van der Waals surface area contributed by atoms with Crippen LogP contribution in [0.4, 0.5) is 11.4 Å². The summed E-state index contributed by atoms with van der Waals surface area (Å²) in [6, 6.07) is 38.8. The minimum Gasteiger partial charge on any atom is -0.330 e. The standard InChI is InChI=1S/C36H31N5O/c42-35-36(24-33-37-20-22-39(33)26-28-12-4-1-5-13-28,25-34-38-21-23-40(34)27-29-14-6-2-7-15-29)31-18-10-11-19-32(31)41(35)30-16-8-3-9-17-30/h1-23H,24-27H2. The van der Waals surface area contributed by atoms with Crippen LogP contribution < -0.4 is 4.90 Å². The third-order valence-corrected chi connectivity index (χ3v) is 8.20. The first-order chi connectivity index (χ1) is 20.7. The number of amides is 1.